The van der Waals surface area contributed by atoms with Gasteiger partial charge in [-0.15, -0.1) is 35.7 Å². The van der Waals surface area contributed by atoms with Crippen molar-refractivity contribution in [2.75, 3.05) is 26.3 Å². The first-order valence-corrected chi connectivity index (χ1v) is 8.02. The summed E-state index contributed by atoms with van der Waals surface area (Å²) < 4.78 is 5.47. The minimum absolute atomic E-state index is 0. The molecule has 1 aromatic rings. The lowest BCUT2D eigenvalue weighted by Crippen LogP contribution is -2.44. The van der Waals surface area contributed by atoms with Gasteiger partial charge in [0.25, 0.3) is 0 Å². The Bertz CT molecular complexity index is 499. The normalized spacial score (nSPS) is 16.3. The summed E-state index contributed by atoms with van der Waals surface area (Å²) in [5.41, 5.74) is 7.17. The molecule has 0 spiro atoms. The number of hydrogen-bond acceptors (Lipinski definition) is 4. The molecule has 1 aliphatic heterocycles. The molecule has 2 N–H and O–H groups in total. The maximum absolute atomic E-state index is 6.04. The Kier molecular flexibility index (Phi) is 7.92. The summed E-state index contributed by atoms with van der Waals surface area (Å²) in [5.74, 6) is 0.597. The van der Waals surface area contributed by atoms with Crippen LogP contribution >= 0.6 is 35.7 Å². The van der Waals surface area contributed by atoms with Crippen molar-refractivity contribution in [3.8, 4) is 0 Å². The molecule has 2 rings (SSSR count). The second-order valence-electron chi connectivity index (χ2n) is 5.99. The van der Waals surface area contributed by atoms with E-state index in [1.165, 1.54) is 0 Å². The van der Waals surface area contributed by atoms with Crippen molar-refractivity contribution in [2.24, 2.45) is 10.7 Å². The highest BCUT2D eigenvalue weighted by atomic mass is 127. The Morgan fingerprint density at radius 1 is 1.41 bits per heavy atom. The number of morpholine rings is 1. The number of nitrogens with two attached hydrogens (primary N) is 1. The molecule has 22 heavy (non-hydrogen) atoms. The van der Waals surface area contributed by atoms with E-state index in [9.17, 15) is 0 Å². The predicted octanol–water partition coefficient (Wildman–Crippen LogP) is 2.74. The van der Waals surface area contributed by atoms with Gasteiger partial charge >= 0.3 is 0 Å². The topological polar surface area (TPSA) is 63.7 Å². The zero-order valence-electron chi connectivity index (χ0n) is 13.4. The molecule has 1 saturated heterocycles. The van der Waals surface area contributed by atoms with Crippen LogP contribution in [0.4, 0.5) is 0 Å². The molecule has 0 atom stereocenters. The average molecular weight is 436 g/mol. The first kappa shape index (κ1) is 19.5. The van der Waals surface area contributed by atoms with Crippen molar-refractivity contribution in [1.82, 2.24) is 9.88 Å². The molecular formula is C15H25IN4OS. The minimum atomic E-state index is 0. The Hall–Kier alpha value is -0.540. The van der Waals surface area contributed by atoms with Crippen LogP contribution in [0.5, 0.6) is 0 Å². The van der Waals surface area contributed by atoms with E-state index >= 15 is 0 Å². The van der Waals surface area contributed by atoms with Crippen LogP contribution in [0.2, 0.25) is 0 Å². The third-order valence-corrected chi connectivity index (χ3v) is 4.01. The average Bonchev–Trinajstić information content (AvgIpc) is 2.44. The Balaban J connectivity index is 0.00000242. The standard InChI is InChI=1S/C15H24N4OS.HI/c1-15(2,3)21-13-10-12(4-5-17-13)11-18-14(16)19-6-8-20-9-7-19;/h4-5,10H,6-9,11H2,1-3H3,(H2,16,18);1H. The molecule has 0 aliphatic carbocycles. The number of halogens is 1. The molecule has 0 unspecified atom stereocenters. The lowest BCUT2D eigenvalue weighted by atomic mass is 10.3. The fourth-order valence-corrected chi connectivity index (χ4v) is 2.93. The number of pyridine rings is 1. The van der Waals surface area contributed by atoms with Gasteiger partial charge in [-0.3, -0.25) is 0 Å². The van der Waals surface area contributed by atoms with E-state index in [1.54, 1.807) is 11.8 Å². The lowest BCUT2D eigenvalue weighted by molar-refractivity contribution is 0.0674. The molecule has 124 valence electrons. The Morgan fingerprint density at radius 2 is 2.09 bits per heavy atom. The number of guanidine groups is 1. The highest BCUT2D eigenvalue weighted by molar-refractivity contribution is 14.0. The molecule has 0 aromatic carbocycles. The summed E-state index contributed by atoms with van der Waals surface area (Å²) in [6, 6.07) is 4.08. The van der Waals surface area contributed by atoms with Gasteiger partial charge < -0.3 is 15.4 Å². The highest BCUT2D eigenvalue weighted by Crippen LogP contribution is 2.30. The molecule has 0 saturated carbocycles. The second-order valence-corrected chi connectivity index (χ2v) is 7.84. The zero-order chi connectivity index (χ0) is 15.3. The third-order valence-electron chi connectivity index (χ3n) is 2.97. The van der Waals surface area contributed by atoms with Gasteiger partial charge in [-0.05, 0) is 17.7 Å². The number of hydrogen-bond donors (Lipinski definition) is 1. The van der Waals surface area contributed by atoms with Crippen LogP contribution in [0.3, 0.4) is 0 Å². The minimum Gasteiger partial charge on any atom is -0.378 e. The first-order chi connectivity index (χ1) is 9.94. The van der Waals surface area contributed by atoms with Gasteiger partial charge in [0, 0.05) is 24.0 Å². The SMILES string of the molecule is CC(C)(C)Sc1cc(CN=C(N)N2CCOCC2)ccn1.I. The summed E-state index contributed by atoms with van der Waals surface area (Å²) in [5, 5.41) is 1.03. The maximum Gasteiger partial charge on any atom is 0.191 e. The number of rotatable bonds is 3. The summed E-state index contributed by atoms with van der Waals surface area (Å²) in [6.07, 6.45) is 1.84. The lowest BCUT2D eigenvalue weighted by Gasteiger charge is -2.27. The van der Waals surface area contributed by atoms with E-state index in [0.717, 1.165) is 36.9 Å². The van der Waals surface area contributed by atoms with Crippen LogP contribution < -0.4 is 5.73 Å². The van der Waals surface area contributed by atoms with Crippen molar-refractivity contribution in [3.63, 3.8) is 0 Å². The van der Waals surface area contributed by atoms with Crippen LogP contribution in [0.1, 0.15) is 26.3 Å². The first-order valence-electron chi connectivity index (χ1n) is 7.20. The summed E-state index contributed by atoms with van der Waals surface area (Å²) >= 11 is 1.76. The van der Waals surface area contributed by atoms with E-state index in [-0.39, 0.29) is 28.7 Å². The smallest absolute Gasteiger partial charge is 0.191 e. The predicted molar refractivity (Wildman–Crippen MR) is 103 cm³/mol. The maximum atomic E-state index is 6.04. The van der Waals surface area contributed by atoms with Crippen LogP contribution in [0, 0.1) is 0 Å². The molecule has 1 aromatic heterocycles. The van der Waals surface area contributed by atoms with Gasteiger partial charge in [-0.2, -0.15) is 0 Å². The second kappa shape index (κ2) is 8.93. The summed E-state index contributed by atoms with van der Waals surface area (Å²) in [6.45, 7) is 10.2. The Morgan fingerprint density at radius 3 is 2.73 bits per heavy atom. The number of aromatic nitrogens is 1. The molecule has 1 aliphatic rings. The highest BCUT2D eigenvalue weighted by Gasteiger charge is 2.14. The molecule has 0 amide bonds. The van der Waals surface area contributed by atoms with Gasteiger partial charge in [0.05, 0.1) is 24.8 Å². The van der Waals surface area contributed by atoms with Gasteiger partial charge in [0.2, 0.25) is 0 Å². The fourth-order valence-electron chi connectivity index (χ4n) is 1.98. The largest absolute Gasteiger partial charge is 0.378 e. The zero-order valence-corrected chi connectivity index (χ0v) is 16.6. The molecule has 2 heterocycles. The van der Waals surface area contributed by atoms with E-state index in [2.05, 4.69) is 41.7 Å². The Labute approximate surface area is 154 Å². The van der Waals surface area contributed by atoms with Crippen molar-refractivity contribution >= 4 is 41.7 Å². The van der Waals surface area contributed by atoms with Crippen molar-refractivity contribution < 1.29 is 4.74 Å². The number of aliphatic imine (C=N–C) groups is 1. The van der Waals surface area contributed by atoms with Crippen molar-refractivity contribution in [1.29, 1.82) is 0 Å². The number of ether oxygens (including phenoxy) is 1. The van der Waals surface area contributed by atoms with Gasteiger partial charge in [0.1, 0.15) is 0 Å². The van der Waals surface area contributed by atoms with E-state index < -0.39 is 0 Å². The van der Waals surface area contributed by atoms with Crippen LogP contribution in [-0.2, 0) is 11.3 Å². The molecule has 7 heteroatoms. The quantitative estimate of drug-likeness (QED) is 0.342. The number of nitrogens with zero attached hydrogens (tertiary/aromatic N) is 3. The molecular weight excluding hydrogens is 411 g/mol. The summed E-state index contributed by atoms with van der Waals surface area (Å²) in [7, 11) is 0. The fraction of sp³-hybridized carbons (Fsp3) is 0.600. The number of thioether (sulfide) groups is 1. The monoisotopic (exact) mass is 436 g/mol. The molecule has 5 nitrogen and oxygen atoms in total. The van der Waals surface area contributed by atoms with Gasteiger partial charge in [-0.1, -0.05) is 20.8 Å². The van der Waals surface area contributed by atoms with Crippen molar-refractivity contribution in [2.45, 2.75) is 37.1 Å². The van der Waals surface area contributed by atoms with Crippen molar-refractivity contribution in [3.05, 3.63) is 23.9 Å². The molecule has 0 radical (unpaired) electrons. The summed E-state index contributed by atoms with van der Waals surface area (Å²) in [4.78, 5) is 10.9. The van der Waals surface area contributed by atoms with Gasteiger partial charge in [0.15, 0.2) is 5.96 Å². The third kappa shape index (κ3) is 6.70. The van der Waals surface area contributed by atoms with E-state index in [1.807, 2.05) is 12.3 Å². The van der Waals surface area contributed by atoms with Gasteiger partial charge in [-0.25, -0.2) is 9.98 Å². The van der Waals surface area contributed by atoms with E-state index in [0.29, 0.717) is 12.5 Å². The van der Waals surface area contributed by atoms with E-state index in [4.69, 9.17) is 10.5 Å². The van der Waals surface area contributed by atoms with Crippen LogP contribution in [-0.4, -0.2) is 46.9 Å². The molecule has 0 bridgehead atoms. The van der Waals surface area contributed by atoms with Crippen LogP contribution in [0.15, 0.2) is 28.3 Å². The van der Waals surface area contributed by atoms with Crippen LogP contribution in [0.25, 0.3) is 0 Å². The molecule has 1 fully saturated rings.